The predicted octanol–water partition coefficient (Wildman–Crippen LogP) is 5.07. The molecule has 0 atom stereocenters. The molecule has 0 spiro atoms. The van der Waals surface area contributed by atoms with E-state index >= 15 is 0 Å². The summed E-state index contributed by atoms with van der Waals surface area (Å²) in [5, 5.41) is 3.64. The number of hydrogen-bond donors (Lipinski definition) is 1. The number of benzene rings is 2. The Labute approximate surface area is 166 Å². The summed E-state index contributed by atoms with van der Waals surface area (Å²) in [5.41, 5.74) is 2.15. The summed E-state index contributed by atoms with van der Waals surface area (Å²) in [6, 6.07) is 6.26. The molecule has 1 N–H and O–H groups in total. The molecule has 0 unspecified atom stereocenters. The number of rotatable bonds is 5. The zero-order valence-electron chi connectivity index (χ0n) is 14.3. The number of carbonyl (C=O) groups excluding carboxylic acids is 2. The average Bonchev–Trinajstić information content (AvgIpc) is 2.64. The highest BCUT2D eigenvalue weighted by atomic mass is 35.5. The van der Waals surface area contributed by atoms with E-state index in [1.54, 1.807) is 38.1 Å². The fourth-order valence-electron chi connectivity index (χ4n) is 2.18. The van der Waals surface area contributed by atoms with Gasteiger partial charge in [-0.25, -0.2) is 4.79 Å². The van der Waals surface area contributed by atoms with Crippen LogP contribution in [0.4, 0.5) is 5.69 Å². The van der Waals surface area contributed by atoms with Gasteiger partial charge in [-0.1, -0.05) is 34.8 Å². The number of nitrogens with one attached hydrogen (secondary N) is 1. The Morgan fingerprint density at radius 3 is 2.00 bits per heavy atom. The molecule has 0 aliphatic carbocycles. The zero-order valence-corrected chi connectivity index (χ0v) is 16.6. The summed E-state index contributed by atoms with van der Waals surface area (Å²) in [5.74, 6) is -0.652. The van der Waals surface area contributed by atoms with Crippen molar-refractivity contribution < 1.29 is 19.1 Å². The molecular formula is C18H16Cl3NO4. The van der Waals surface area contributed by atoms with Gasteiger partial charge >= 0.3 is 5.97 Å². The molecule has 1 amide bonds. The van der Waals surface area contributed by atoms with Crippen molar-refractivity contribution in [1.29, 1.82) is 0 Å². The second-order valence-corrected chi connectivity index (χ2v) is 6.56. The summed E-state index contributed by atoms with van der Waals surface area (Å²) in [7, 11) is 1.30. The van der Waals surface area contributed by atoms with Crippen molar-refractivity contribution in [3.8, 4) is 5.75 Å². The van der Waals surface area contributed by atoms with Gasteiger partial charge < -0.3 is 14.8 Å². The minimum absolute atomic E-state index is 0.212. The molecule has 5 nitrogen and oxygen atoms in total. The Hall–Kier alpha value is -1.95. The fourth-order valence-corrected chi connectivity index (χ4v) is 3.00. The van der Waals surface area contributed by atoms with Gasteiger partial charge in [0, 0.05) is 10.7 Å². The van der Waals surface area contributed by atoms with Crippen molar-refractivity contribution >= 4 is 52.4 Å². The van der Waals surface area contributed by atoms with E-state index in [-0.39, 0.29) is 22.4 Å². The number of hydrogen-bond acceptors (Lipinski definition) is 4. The van der Waals surface area contributed by atoms with Crippen LogP contribution in [0.15, 0.2) is 24.3 Å². The maximum Gasteiger partial charge on any atom is 0.337 e. The van der Waals surface area contributed by atoms with Crippen molar-refractivity contribution in [2.75, 3.05) is 19.0 Å². The highest BCUT2D eigenvalue weighted by Crippen LogP contribution is 2.42. The minimum Gasteiger partial charge on any atom is -0.481 e. The predicted molar refractivity (Wildman–Crippen MR) is 103 cm³/mol. The first kappa shape index (κ1) is 20.4. The second-order valence-electron chi connectivity index (χ2n) is 5.43. The number of esters is 1. The number of ether oxygens (including phenoxy) is 2. The molecule has 26 heavy (non-hydrogen) atoms. The lowest BCUT2D eigenvalue weighted by Gasteiger charge is -2.15. The molecule has 2 aromatic rings. The van der Waals surface area contributed by atoms with E-state index in [4.69, 9.17) is 39.5 Å². The van der Waals surface area contributed by atoms with Crippen molar-refractivity contribution in [2.45, 2.75) is 13.8 Å². The third kappa shape index (κ3) is 4.41. The monoisotopic (exact) mass is 415 g/mol. The summed E-state index contributed by atoms with van der Waals surface area (Å²) in [6.07, 6.45) is 0. The molecule has 0 aliphatic rings. The highest BCUT2D eigenvalue weighted by Gasteiger charge is 2.18. The van der Waals surface area contributed by atoms with Crippen molar-refractivity contribution in [1.82, 2.24) is 0 Å². The van der Waals surface area contributed by atoms with Crippen molar-refractivity contribution in [3.63, 3.8) is 0 Å². The maximum atomic E-state index is 12.1. The molecule has 0 aliphatic heterocycles. The topological polar surface area (TPSA) is 64.6 Å². The Balaban J connectivity index is 2.05. The fraction of sp³-hybridized carbons (Fsp3) is 0.222. The summed E-state index contributed by atoms with van der Waals surface area (Å²) in [4.78, 5) is 23.5. The van der Waals surface area contributed by atoms with E-state index in [1.165, 1.54) is 7.11 Å². The standard InChI is InChI=1S/C18H16Cl3NO4/c1-9-14(19)10(2)16(21)17(15(9)20)26-8-13(23)22-12-6-4-11(5-7-12)18(24)25-3/h4-7H,8H2,1-3H3,(H,22,23). The van der Waals surface area contributed by atoms with Crippen LogP contribution < -0.4 is 10.1 Å². The SMILES string of the molecule is COC(=O)c1ccc(NC(=O)COc2c(Cl)c(C)c(Cl)c(C)c2Cl)cc1. The van der Waals surface area contributed by atoms with Crippen LogP contribution in [0, 0.1) is 13.8 Å². The Morgan fingerprint density at radius 2 is 1.50 bits per heavy atom. The molecule has 8 heteroatoms. The minimum atomic E-state index is -0.455. The van der Waals surface area contributed by atoms with E-state index in [9.17, 15) is 9.59 Å². The van der Waals surface area contributed by atoms with Gasteiger partial charge in [-0.3, -0.25) is 4.79 Å². The quantitative estimate of drug-likeness (QED) is 0.691. The summed E-state index contributed by atoms with van der Waals surface area (Å²) >= 11 is 18.6. The van der Waals surface area contributed by atoms with Crippen molar-refractivity contribution in [2.24, 2.45) is 0 Å². The van der Waals surface area contributed by atoms with E-state index in [0.717, 1.165) is 0 Å². The zero-order chi connectivity index (χ0) is 19.4. The molecule has 0 aromatic heterocycles. The number of methoxy groups -OCH3 is 1. The first-order chi connectivity index (χ1) is 12.3. The Morgan fingerprint density at radius 1 is 0.962 bits per heavy atom. The smallest absolute Gasteiger partial charge is 0.337 e. The van der Waals surface area contributed by atoms with Gasteiger partial charge in [-0.2, -0.15) is 0 Å². The number of carbonyl (C=O) groups is 2. The first-order valence-corrected chi connectivity index (χ1v) is 8.64. The van der Waals surface area contributed by atoms with Crippen LogP contribution in [-0.4, -0.2) is 25.6 Å². The van der Waals surface area contributed by atoms with Crippen LogP contribution in [0.3, 0.4) is 0 Å². The van der Waals surface area contributed by atoms with E-state index in [1.807, 2.05) is 0 Å². The van der Waals surface area contributed by atoms with Gasteiger partial charge in [-0.15, -0.1) is 0 Å². The largest absolute Gasteiger partial charge is 0.481 e. The molecule has 0 radical (unpaired) electrons. The van der Waals surface area contributed by atoms with Crippen LogP contribution >= 0.6 is 34.8 Å². The number of halogens is 3. The summed E-state index contributed by atoms with van der Waals surface area (Å²) < 4.78 is 10.1. The maximum absolute atomic E-state index is 12.1. The molecule has 0 bridgehead atoms. The third-order valence-corrected chi connectivity index (χ3v) is 5.13. The molecule has 0 saturated carbocycles. The van der Waals surface area contributed by atoms with Crippen LogP contribution in [0.1, 0.15) is 21.5 Å². The van der Waals surface area contributed by atoms with Gasteiger partial charge in [0.05, 0.1) is 22.7 Å². The molecule has 2 rings (SSSR count). The van der Waals surface area contributed by atoms with E-state index in [0.29, 0.717) is 27.4 Å². The lowest BCUT2D eigenvalue weighted by molar-refractivity contribution is -0.118. The second kappa shape index (κ2) is 8.62. The van der Waals surface area contributed by atoms with Crippen LogP contribution in [0.5, 0.6) is 5.75 Å². The van der Waals surface area contributed by atoms with Gasteiger partial charge in [0.25, 0.3) is 5.91 Å². The molecule has 0 fully saturated rings. The van der Waals surface area contributed by atoms with Gasteiger partial charge in [0.15, 0.2) is 12.4 Å². The lowest BCUT2D eigenvalue weighted by atomic mass is 10.1. The molecular weight excluding hydrogens is 401 g/mol. The third-order valence-electron chi connectivity index (χ3n) is 3.65. The molecule has 0 saturated heterocycles. The van der Waals surface area contributed by atoms with Crippen LogP contribution in [0.2, 0.25) is 15.1 Å². The molecule has 2 aromatic carbocycles. The summed E-state index contributed by atoms with van der Waals surface area (Å²) in [6.45, 7) is 3.19. The van der Waals surface area contributed by atoms with E-state index in [2.05, 4.69) is 10.1 Å². The Kier molecular flexibility index (Phi) is 6.75. The van der Waals surface area contributed by atoms with Crippen LogP contribution in [0.25, 0.3) is 0 Å². The molecule has 138 valence electrons. The first-order valence-electron chi connectivity index (χ1n) is 7.51. The van der Waals surface area contributed by atoms with Gasteiger partial charge in [0.1, 0.15) is 0 Å². The highest BCUT2D eigenvalue weighted by molar-refractivity contribution is 6.42. The normalized spacial score (nSPS) is 10.4. The van der Waals surface area contributed by atoms with Gasteiger partial charge in [0.2, 0.25) is 0 Å². The van der Waals surface area contributed by atoms with Crippen LogP contribution in [-0.2, 0) is 9.53 Å². The average molecular weight is 417 g/mol. The van der Waals surface area contributed by atoms with E-state index < -0.39 is 11.9 Å². The Bertz CT molecular complexity index is 822. The number of amides is 1. The molecule has 0 heterocycles. The van der Waals surface area contributed by atoms with Gasteiger partial charge in [-0.05, 0) is 49.2 Å². The lowest BCUT2D eigenvalue weighted by Crippen LogP contribution is -2.20. The number of anilines is 1. The van der Waals surface area contributed by atoms with Crippen molar-refractivity contribution in [3.05, 3.63) is 56.0 Å².